The molecule has 0 radical (unpaired) electrons. The van der Waals surface area contributed by atoms with Gasteiger partial charge in [0.2, 0.25) is 9.84 Å². The van der Waals surface area contributed by atoms with Crippen LogP contribution in [0.5, 0.6) is 5.75 Å². The first kappa shape index (κ1) is 22.0. The summed E-state index contributed by atoms with van der Waals surface area (Å²) in [5, 5.41) is 10.8. The van der Waals surface area contributed by atoms with Gasteiger partial charge < -0.3 is 9.84 Å². The van der Waals surface area contributed by atoms with E-state index in [1.165, 1.54) is 24.1 Å². The van der Waals surface area contributed by atoms with Crippen LogP contribution in [-0.2, 0) is 14.6 Å². The smallest absolute Gasteiger partial charge is 0.295 e. The number of aliphatic hydroxyl groups is 1. The second kappa shape index (κ2) is 8.72. The standard InChI is InChI=1S/C24H21NO5S2/c1-30-18-12-10-17(11-13-18)25-21(16-8-14-19(31-2)15-9-16)23(22(26)24(25)27)32(28,29)20-6-4-3-5-7-20/h3-15,21,26H,1-2H3/t21-/m1/s1. The first-order valence-corrected chi connectivity index (χ1v) is 12.4. The largest absolute Gasteiger partial charge is 0.502 e. The lowest BCUT2D eigenvalue weighted by molar-refractivity contribution is -0.117. The Labute approximate surface area is 191 Å². The van der Waals surface area contributed by atoms with Crippen LogP contribution in [0.4, 0.5) is 5.69 Å². The molecule has 164 valence electrons. The van der Waals surface area contributed by atoms with Crippen LogP contribution in [0.3, 0.4) is 0 Å². The van der Waals surface area contributed by atoms with Crippen molar-refractivity contribution in [1.82, 2.24) is 0 Å². The molecule has 0 aliphatic carbocycles. The minimum atomic E-state index is -4.15. The molecule has 0 fully saturated rings. The number of carbonyl (C=O) groups excluding carboxylic acids is 1. The summed E-state index contributed by atoms with van der Waals surface area (Å²) in [6.07, 6.45) is 1.94. The molecule has 0 saturated heterocycles. The Bertz CT molecular complexity index is 1270. The molecule has 0 saturated carbocycles. The molecule has 4 rings (SSSR count). The highest BCUT2D eigenvalue weighted by Crippen LogP contribution is 2.45. The number of ether oxygens (including phenoxy) is 1. The Balaban J connectivity index is 1.91. The third kappa shape index (κ3) is 3.76. The average molecular weight is 468 g/mol. The monoisotopic (exact) mass is 467 g/mol. The molecule has 3 aromatic carbocycles. The van der Waals surface area contributed by atoms with Crippen molar-refractivity contribution in [2.75, 3.05) is 18.3 Å². The molecule has 3 aromatic rings. The number of nitrogens with zero attached hydrogens (tertiary/aromatic N) is 1. The maximum atomic E-state index is 13.6. The fourth-order valence-corrected chi connectivity index (χ4v) is 5.74. The van der Waals surface area contributed by atoms with Crippen molar-refractivity contribution in [2.24, 2.45) is 0 Å². The van der Waals surface area contributed by atoms with Crippen LogP contribution in [0.1, 0.15) is 11.6 Å². The lowest BCUT2D eigenvalue weighted by Crippen LogP contribution is -2.31. The summed E-state index contributed by atoms with van der Waals surface area (Å²) in [7, 11) is -2.62. The van der Waals surface area contributed by atoms with Gasteiger partial charge in [0, 0.05) is 10.6 Å². The third-order valence-electron chi connectivity index (χ3n) is 5.29. The number of amides is 1. The van der Waals surface area contributed by atoms with E-state index in [-0.39, 0.29) is 9.80 Å². The van der Waals surface area contributed by atoms with Gasteiger partial charge in [0.05, 0.1) is 12.0 Å². The zero-order valence-corrected chi connectivity index (χ0v) is 19.1. The van der Waals surface area contributed by atoms with E-state index in [0.717, 1.165) is 4.90 Å². The first-order chi connectivity index (χ1) is 15.4. The van der Waals surface area contributed by atoms with Gasteiger partial charge in [-0.15, -0.1) is 11.8 Å². The van der Waals surface area contributed by atoms with Gasteiger partial charge in [0.15, 0.2) is 5.76 Å². The molecular formula is C24H21NO5S2. The number of thioether (sulfide) groups is 1. The fourth-order valence-electron chi connectivity index (χ4n) is 3.68. The van der Waals surface area contributed by atoms with Crippen molar-refractivity contribution in [3.05, 3.63) is 95.1 Å². The molecule has 8 heteroatoms. The molecule has 32 heavy (non-hydrogen) atoms. The summed E-state index contributed by atoms with van der Waals surface area (Å²) < 4.78 is 32.3. The Morgan fingerprint density at radius 1 is 0.938 bits per heavy atom. The van der Waals surface area contributed by atoms with Gasteiger partial charge in [-0.05, 0) is 60.4 Å². The average Bonchev–Trinajstić information content (AvgIpc) is 3.10. The number of anilines is 1. The van der Waals surface area contributed by atoms with Crippen LogP contribution in [-0.4, -0.2) is 32.8 Å². The highest BCUT2D eigenvalue weighted by Gasteiger charge is 2.47. The third-order valence-corrected chi connectivity index (χ3v) is 7.92. The number of carbonyl (C=O) groups is 1. The molecule has 0 unspecified atom stereocenters. The van der Waals surface area contributed by atoms with Crippen molar-refractivity contribution in [2.45, 2.75) is 15.8 Å². The van der Waals surface area contributed by atoms with Gasteiger partial charge >= 0.3 is 0 Å². The highest BCUT2D eigenvalue weighted by molar-refractivity contribution is 7.98. The normalized spacial score (nSPS) is 16.5. The number of aliphatic hydroxyl groups excluding tert-OH is 1. The molecule has 1 aliphatic heterocycles. The summed E-state index contributed by atoms with van der Waals surface area (Å²) in [6, 6.07) is 20.7. The second-order valence-electron chi connectivity index (χ2n) is 7.08. The number of rotatable bonds is 6. The Morgan fingerprint density at radius 3 is 2.12 bits per heavy atom. The van der Waals surface area contributed by atoms with Crippen molar-refractivity contribution < 1.29 is 23.1 Å². The van der Waals surface area contributed by atoms with Crippen LogP contribution in [0.25, 0.3) is 0 Å². The summed E-state index contributed by atoms with van der Waals surface area (Å²) in [4.78, 5) is 15.2. The quantitative estimate of drug-likeness (QED) is 0.527. The minimum absolute atomic E-state index is 0.0108. The molecule has 0 bridgehead atoms. The van der Waals surface area contributed by atoms with Gasteiger partial charge in [0.25, 0.3) is 5.91 Å². The van der Waals surface area contributed by atoms with Gasteiger partial charge in [-0.25, -0.2) is 8.42 Å². The maximum Gasteiger partial charge on any atom is 0.295 e. The predicted molar refractivity (Wildman–Crippen MR) is 125 cm³/mol. The second-order valence-corrected chi connectivity index (χ2v) is 9.88. The molecule has 6 nitrogen and oxygen atoms in total. The molecule has 1 amide bonds. The van der Waals surface area contributed by atoms with E-state index in [1.807, 2.05) is 18.4 Å². The van der Waals surface area contributed by atoms with Crippen LogP contribution in [0.15, 0.2) is 99.3 Å². The molecular weight excluding hydrogens is 446 g/mol. The summed E-state index contributed by atoms with van der Waals surface area (Å²) in [6.45, 7) is 0. The van der Waals surface area contributed by atoms with E-state index in [0.29, 0.717) is 17.0 Å². The molecule has 0 aromatic heterocycles. The summed E-state index contributed by atoms with van der Waals surface area (Å²) in [5.41, 5.74) is 1.02. The van der Waals surface area contributed by atoms with Crippen molar-refractivity contribution in [3.63, 3.8) is 0 Å². The lowest BCUT2D eigenvalue weighted by atomic mass is 10.1. The van der Waals surface area contributed by atoms with Gasteiger partial charge in [-0.1, -0.05) is 30.3 Å². The van der Waals surface area contributed by atoms with E-state index >= 15 is 0 Å². The zero-order valence-electron chi connectivity index (χ0n) is 17.4. The SMILES string of the molecule is COc1ccc(N2C(=O)C(O)=C(S(=O)(=O)c3ccccc3)[C@H]2c2ccc(SC)cc2)cc1. The van der Waals surface area contributed by atoms with E-state index < -0.39 is 27.5 Å². The molecule has 1 N–H and O–H groups in total. The fraction of sp³-hybridized carbons (Fsp3) is 0.125. The molecule has 1 atom stereocenters. The van der Waals surface area contributed by atoms with Crippen LogP contribution >= 0.6 is 11.8 Å². The van der Waals surface area contributed by atoms with Gasteiger partial charge in [-0.2, -0.15) is 0 Å². The molecule has 1 aliphatic rings. The number of sulfone groups is 1. The Hall–Kier alpha value is -3.23. The van der Waals surface area contributed by atoms with Crippen LogP contribution in [0.2, 0.25) is 0 Å². The van der Waals surface area contributed by atoms with Crippen LogP contribution in [0, 0.1) is 0 Å². The summed E-state index contributed by atoms with van der Waals surface area (Å²) >= 11 is 1.55. The highest BCUT2D eigenvalue weighted by atomic mass is 32.2. The van der Waals surface area contributed by atoms with E-state index in [9.17, 15) is 18.3 Å². The van der Waals surface area contributed by atoms with E-state index in [1.54, 1.807) is 66.4 Å². The zero-order chi connectivity index (χ0) is 22.9. The first-order valence-electron chi connectivity index (χ1n) is 9.73. The molecule has 1 heterocycles. The summed E-state index contributed by atoms with van der Waals surface area (Å²) in [5.74, 6) is -0.956. The Morgan fingerprint density at radius 2 is 1.56 bits per heavy atom. The lowest BCUT2D eigenvalue weighted by Gasteiger charge is -2.27. The topological polar surface area (TPSA) is 83.9 Å². The van der Waals surface area contributed by atoms with Crippen LogP contribution < -0.4 is 9.64 Å². The van der Waals surface area contributed by atoms with Gasteiger partial charge in [-0.3, -0.25) is 9.69 Å². The number of hydrogen-bond donors (Lipinski definition) is 1. The van der Waals surface area contributed by atoms with Gasteiger partial charge in [0.1, 0.15) is 16.7 Å². The van der Waals surface area contributed by atoms with Crippen molar-refractivity contribution in [1.29, 1.82) is 0 Å². The number of methoxy groups -OCH3 is 1. The van der Waals surface area contributed by atoms with Crippen molar-refractivity contribution in [3.8, 4) is 5.75 Å². The minimum Gasteiger partial charge on any atom is -0.502 e. The molecule has 0 spiro atoms. The van der Waals surface area contributed by atoms with Crippen molar-refractivity contribution >= 4 is 33.2 Å². The Kier molecular flexibility index (Phi) is 5.99. The maximum absolute atomic E-state index is 13.6. The predicted octanol–water partition coefficient (Wildman–Crippen LogP) is 4.75. The van der Waals surface area contributed by atoms with E-state index in [4.69, 9.17) is 4.74 Å². The number of hydrogen-bond acceptors (Lipinski definition) is 6. The number of benzene rings is 3. The van der Waals surface area contributed by atoms with E-state index in [2.05, 4.69) is 0 Å².